The number of aryl methyl sites for hydroxylation is 2. The Morgan fingerprint density at radius 1 is 1.50 bits per heavy atom. The highest BCUT2D eigenvalue weighted by atomic mass is 16.7. The smallest absolute Gasteiger partial charge is 0.253 e. The van der Waals surface area contributed by atoms with Crippen LogP contribution in [-0.4, -0.2) is 24.1 Å². The van der Waals surface area contributed by atoms with E-state index in [1.165, 1.54) is 0 Å². The van der Waals surface area contributed by atoms with Crippen molar-refractivity contribution in [1.82, 2.24) is 4.57 Å². The summed E-state index contributed by atoms with van der Waals surface area (Å²) >= 11 is 0. The second-order valence-electron chi connectivity index (χ2n) is 2.91. The average molecular weight is 230 g/mol. The molecule has 0 aliphatic carbocycles. The summed E-state index contributed by atoms with van der Waals surface area (Å²) in [5, 5.41) is 9.46. The molecule has 0 saturated carbocycles. The molecule has 0 amide bonds. The third kappa shape index (κ3) is 7.81. The summed E-state index contributed by atoms with van der Waals surface area (Å²) in [6.45, 7) is 5.12. The molecule has 0 aliphatic rings. The van der Waals surface area contributed by atoms with Crippen LogP contribution >= 0.6 is 0 Å². The van der Waals surface area contributed by atoms with Crippen molar-refractivity contribution in [3.05, 3.63) is 18.7 Å². The van der Waals surface area contributed by atoms with E-state index in [1.54, 1.807) is 6.92 Å². The minimum Gasteiger partial charge on any atom is -0.524 e. The molecule has 1 aromatic rings. The SMILES string of the molecule is CCOCOC(=O)[O-].CCn1cc[n+](C)c1. The first-order chi connectivity index (χ1) is 7.60. The fraction of sp³-hybridized carbons (Fsp3) is 0.600. The van der Waals surface area contributed by atoms with Gasteiger partial charge in [0.15, 0.2) is 0 Å². The fourth-order valence-corrected chi connectivity index (χ4v) is 0.862. The summed E-state index contributed by atoms with van der Waals surface area (Å²) in [6, 6.07) is 0. The quantitative estimate of drug-likeness (QED) is 0.307. The number of carbonyl (C=O) groups is 1. The van der Waals surface area contributed by atoms with Crippen LogP contribution in [0.1, 0.15) is 13.8 Å². The van der Waals surface area contributed by atoms with Crippen LogP contribution < -0.4 is 9.67 Å². The molecule has 1 heterocycles. The lowest BCUT2D eigenvalue weighted by Gasteiger charge is -2.05. The van der Waals surface area contributed by atoms with E-state index in [9.17, 15) is 9.90 Å². The number of nitrogens with zero attached hydrogens (tertiary/aromatic N) is 2. The summed E-state index contributed by atoms with van der Waals surface area (Å²) < 4.78 is 12.5. The largest absolute Gasteiger partial charge is 0.524 e. The third-order valence-electron chi connectivity index (χ3n) is 1.65. The molecule has 0 aliphatic heterocycles. The molecular weight excluding hydrogens is 212 g/mol. The zero-order chi connectivity index (χ0) is 12.4. The minimum absolute atomic E-state index is 0.237. The van der Waals surface area contributed by atoms with Gasteiger partial charge >= 0.3 is 0 Å². The number of rotatable bonds is 4. The number of carboxylic acid groups (broad SMARTS) is 1. The molecule has 0 N–H and O–H groups in total. The maximum atomic E-state index is 9.46. The van der Waals surface area contributed by atoms with Crippen molar-refractivity contribution in [2.24, 2.45) is 7.05 Å². The zero-order valence-corrected chi connectivity index (χ0v) is 9.88. The molecule has 0 radical (unpaired) electrons. The van der Waals surface area contributed by atoms with Crippen LogP contribution in [0.5, 0.6) is 0 Å². The summed E-state index contributed by atoms with van der Waals surface area (Å²) in [6.07, 6.45) is 4.59. The molecule has 6 heteroatoms. The van der Waals surface area contributed by atoms with Crippen molar-refractivity contribution in [2.45, 2.75) is 20.4 Å². The molecule has 0 saturated heterocycles. The molecule has 0 bridgehead atoms. The first kappa shape index (κ1) is 14.4. The standard InChI is InChI=1S/C6H11N2.C4H8O4/c1-3-8-5-4-7(2)6-8;1-2-7-3-8-4(5)6/h4-6H,3H2,1-2H3;2-3H2,1H3,(H,5,6)/q+1;/p-1. The lowest BCUT2D eigenvalue weighted by Crippen LogP contribution is -2.24. The summed E-state index contributed by atoms with van der Waals surface area (Å²) in [5.74, 6) is 0. The van der Waals surface area contributed by atoms with Crippen molar-refractivity contribution in [1.29, 1.82) is 0 Å². The Kier molecular flexibility index (Phi) is 7.87. The van der Waals surface area contributed by atoms with E-state index in [4.69, 9.17) is 0 Å². The van der Waals surface area contributed by atoms with Crippen molar-refractivity contribution >= 4 is 6.16 Å². The molecule has 1 rings (SSSR count). The van der Waals surface area contributed by atoms with Crippen molar-refractivity contribution in [2.75, 3.05) is 13.4 Å². The Hall–Kier alpha value is -1.56. The third-order valence-corrected chi connectivity index (χ3v) is 1.65. The normalized spacial score (nSPS) is 9.19. The van der Waals surface area contributed by atoms with E-state index in [-0.39, 0.29) is 6.79 Å². The number of ether oxygens (including phenoxy) is 2. The van der Waals surface area contributed by atoms with Gasteiger partial charge in [-0.05, 0) is 13.8 Å². The van der Waals surface area contributed by atoms with Crippen LogP contribution in [0, 0.1) is 0 Å². The van der Waals surface area contributed by atoms with Gasteiger partial charge in [0.05, 0.1) is 13.6 Å². The van der Waals surface area contributed by atoms with Crippen LogP contribution in [0.25, 0.3) is 0 Å². The van der Waals surface area contributed by atoms with Crippen LogP contribution in [-0.2, 0) is 23.1 Å². The second kappa shape index (κ2) is 8.72. The lowest BCUT2D eigenvalue weighted by atomic mass is 10.7. The van der Waals surface area contributed by atoms with E-state index in [0.717, 1.165) is 6.54 Å². The predicted octanol–water partition coefficient (Wildman–Crippen LogP) is -0.327. The van der Waals surface area contributed by atoms with E-state index in [0.29, 0.717) is 6.61 Å². The van der Waals surface area contributed by atoms with Gasteiger partial charge in [-0.3, -0.25) is 0 Å². The number of hydrogen-bond acceptors (Lipinski definition) is 4. The van der Waals surface area contributed by atoms with Gasteiger partial charge in [-0.25, -0.2) is 9.13 Å². The molecule has 0 aromatic carbocycles. The van der Waals surface area contributed by atoms with Gasteiger partial charge in [-0.2, -0.15) is 0 Å². The maximum absolute atomic E-state index is 9.46. The summed E-state index contributed by atoms with van der Waals surface area (Å²) in [4.78, 5) is 9.46. The van der Waals surface area contributed by atoms with Gasteiger partial charge in [0.2, 0.25) is 6.33 Å². The highest BCUT2D eigenvalue weighted by molar-refractivity contribution is 5.53. The highest BCUT2D eigenvalue weighted by Crippen LogP contribution is 1.79. The average Bonchev–Trinajstić information content (AvgIpc) is 2.65. The van der Waals surface area contributed by atoms with Gasteiger partial charge in [0.1, 0.15) is 19.2 Å². The topological polar surface area (TPSA) is 67.4 Å². The molecule has 0 spiro atoms. The Bertz CT molecular complexity index is 299. The monoisotopic (exact) mass is 230 g/mol. The number of carbonyl (C=O) groups excluding carboxylic acids is 1. The van der Waals surface area contributed by atoms with Crippen molar-refractivity contribution < 1.29 is 23.9 Å². The molecule has 0 unspecified atom stereocenters. The van der Waals surface area contributed by atoms with Gasteiger partial charge < -0.3 is 19.4 Å². The Morgan fingerprint density at radius 3 is 2.50 bits per heavy atom. The zero-order valence-electron chi connectivity index (χ0n) is 9.88. The summed E-state index contributed by atoms with van der Waals surface area (Å²) in [7, 11) is 2.02. The lowest BCUT2D eigenvalue weighted by molar-refractivity contribution is -0.671. The van der Waals surface area contributed by atoms with Gasteiger partial charge in [0, 0.05) is 6.61 Å². The first-order valence-corrected chi connectivity index (χ1v) is 5.02. The number of aromatic nitrogens is 2. The Morgan fingerprint density at radius 2 is 2.19 bits per heavy atom. The summed E-state index contributed by atoms with van der Waals surface area (Å²) in [5.41, 5.74) is 0. The molecule has 0 atom stereocenters. The maximum Gasteiger partial charge on any atom is 0.253 e. The fourth-order valence-electron chi connectivity index (χ4n) is 0.862. The van der Waals surface area contributed by atoms with E-state index in [1.807, 2.05) is 17.8 Å². The van der Waals surface area contributed by atoms with Crippen LogP contribution in [0.4, 0.5) is 4.79 Å². The highest BCUT2D eigenvalue weighted by Gasteiger charge is 1.92. The molecule has 1 aromatic heterocycles. The van der Waals surface area contributed by atoms with E-state index in [2.05, 4.69) is 33.5 Å². The first-order valence-electron chi connectivity index (χ1n) is 5.02. The van der Waals surface area contributed by atoms with Crippen LogP contribution in [0.2, 0.25) is 0 Å². The van der Waals surface area contributed by atoms with Crippen molar-refractivity contribution in [3.8, 4) is 0 Å². The second-order valence-corrected chi connectivity index (χ2v) is 2.91. The van der Waals surface area contributed by atoms with Crippen LogP contribution in [0.15, 0.2) is 18.7 Å². The van der Waals surface area contributed by atoms with E-state index >= 15 is 0 Å². The molecule has 6 nitrogen and oxygen atoms in total. The van der Waals surface area contributed by atoms with Gasteiger partial charge in [0.25, 0.3) is 6.16 Å². The number of hydrogen-bond donors (Lipinski definition) is 0. The van der Waals surface area contributed by atoms with Gasteiger partial charge in [-0.1, -0.05) is 0 Å². The molecule has 92 valence electrons. The van der Waals surface area contributed by atoms with Crippen molar-refractivity contribution in [3.63, 3.8) is 0 Å². The van der Waals surface area contributed by atoms with Gasteiger partial charge in [-0.15, -0.1) is 0 Å². The molecule has 0 fully saturated rings. The minimum atomic E-state index is -1.56. The Balaban J connectivity index is 0.000000281. The Labute approximate surface area is 95.0 Å². The number of imidazole rings is 1. The molecular formula is C10H18N2O4. The van der Waals surface area contributed by atoms with Crippen LogP contribution in [0.3, 0.4) is 0 Å². The predicted molar refractivity (Wildman–Crippen MR) is 54.3 cm³/mol. The van der Waals surface area contributed by atoms with E-state index < -0.39 is 6.16 Å². The molecule has 16 heavy (non-hydrogen) atoms.